The lowest BCUT2D eigenvalue weighted by Gasteiger charge is -2.21. The van der Waals surface area contributed by atoms with Crippen molar-refractivity contribution in [2.75, 3.05) is 22.7 Å². The number of sulfone groups is 1. The van der Waals surface area contributed by atoms with E-state index in [4.69, 9.17) is 11.6 Å². The Kier molecular flexibility index (Phi) is 4.35. The second kappa shape index (κ2) is 5.61. The molecule has 1 N–H and O–H groups in total. The van der Waals surface area contributed by atoms with Crippen molar-refractivity contribution in [1.29, 1.82) is 0 Å². The fraction of sp³-hybridized carbons (Fsp3) is 0.692. The van der Waals surface area contributed by atoms with Crippen molar-refractivity contribution in [2.24, 2.45) is 5.41 Å². The van der Waals surface area contributed by atoms with E-state index in [1.54, 1.807) is 24.6 Å². The summed E-state index contributed by atoms with van der Waals surface area (Å²) in [6.07, 6.45) is 0.519. The second-order valence-electron chi connectivity index (χ2n) is 6.14. The van der Waals surface area contributed by atoms with E-state index in [2.05, 4.69) is 10.4 Å². The normalized spacial score (nSPS) is 21.4. The molecule has 8 heteroatoms. The molecule has 1 saturated heterocycles. The van der Waals surface area contributed by atoms with Crippen LogP contribution in [0.2, 0.25) is 0 Å². The van der Waals surface area contributed by atoms with Gasteiger partial charge in [0.05, 0.1) is 28.7 Å². The van der Waals surface area contributed by atoms with Gasteiger partial charge in [-0.1, -0.05) is 0 Å². The Balaban J connectivity index is 2.24. The molecule has 0 bridgehead atoms. The van der Waals surface area contributed by atoms with Crippen LogP contribution in [0.25, 0.3) is 0 Å². The average molecular weight is 334 g/mol. The Morgan fingerprint density at radius 1 is 1.57 bits per heavy atom. The Bertz CT molecular complexity index is 652. The topological polar surface area (TPSA) is 81.1 Å². The Labute approximate surface area is 129 Å². The SMILES string of the molecule is Cc1cc(NC(=O)C(C)(C)CCl)n(C2CCS(=O)(=O)C2)n1. The average Bonchev–Trinajstić information content (AvgIpc) is 2.92. The van der Waals surface area contributed by atoms with Gasteiger partial charge >= 0.3 is 0 Å². The predicted molar refractivity (Wildman–Crippen MR) is 82.4 cm³/mol. The van der Waals surface area contributed by atoms with E-state index < -0.39 is 15.3 Å². The highest BCUT2D eigenvalue weighted by Crippen LogP contribution is 2.28. The summed E-state index contributed by atoms with van der Waals surface area (Å²) in [5.41, 5.74) is 0.0324. The molecule has 2 heterocycles. The summed E-state index contributed by atoms with van der Waals surface area (Å²) >= 11 is 5.80. The van der Waals surface area contributed by atoms with Crippen molar-refractivity contribution in [3.05, 3.63) is 11.8 Å². The number of aromatic nitrogens is 2. The summed E-state index contributed by atoms with van der Waals surface area (Å²) in [5, 5.41) is 7.13. The molecular formula is C13H20ClN3O3S. The van der Waals surface area contributed by atoms with Gasteiger partial charge in [-0.05, 0) is 27.2 Å². The number of hydrogen-bond acceptors (Lipinski definition) is 4. The first-order valence-electron chi connectivity index (χ1n) is 6.78. The summed E-state index contributed by atoms with van der Waals surface area (Å²) < 4.78 is 24.8. The van der Waals surface area contributed by atoms with Gasteiger partial charge < -0.3 is 5.32 Å². The number of nitrogens with zero attached hydrogens (tertiary/aromatic N) is 2. The van der Waals surface area contributed by atoms with E-state index in [0.29, 0.717) is 12.2 Å². The van der Waals surface area contributed by atoms with Crippen molar-refractivity contribution >= 4 is 33.2 Å². The van der Waals surface area contributed by atoms with Crippen LogP contribution in [-0.4, -0.2) is 41.5 Å². The van der Waals surface area contributed by atoms with Gasteiger partial charge in [0.2, 0.25) is 5.91 Å². The molecule has 1 aliphatic heterocycles. The molecule has 0 spiro atoms. The molecule has 1 atom stereocenters. The predicted octanol–water partition coefficient (Wildman–Crippen LogP) is 1.75. The van der Waals surface area contributed by atoms with Crippen molar-refractivity contribution in [3.63, 3.8) is 0 Å². The molecule has 0 saturated carbocycles. The molecule has 1 aromatic rings. The zero-order valence-corrected chi connectivity index (χ0v) is 14.0. The second-order valence-corrected chi connectivity index (χ2v) is 8.64. The molecule has 1 aliphatic rings. The zero-order valence-electron chi connectivity index (χ0n) is 12.4. The van der Waals surface area contributed by atoms with E-state index in [1.807, 2.05) is 6.92 Å². The molecule has 1 amide bonds. The molecule has 1 aromatic heterocycles. The largest absolute Gasteiger partial charge is 0.310 e. The number of carbonyl (C=O) groups is 1. The third-order valence-electron chi connectivity index (χ3n) is 3.60. The molecule has 21 heavy (non-hydrogen) atoms. The monoisotopic (exact) mass is 333 g/mol. The number of anilines is 1. The maximum absolute atomic E-state index is 12.2. The standard InChI is InChI=1S/C13H20ClN3O3S/c1-9-6-11(15-12(18)13(2,3)8-14)17(16-9)10-4-5-21(19,20)7-10/h6,10H,4-5,7-8H2,1-3H3,(H,15,18). The minimum absolute atomic E-state index is 0.0654. The van der Waals surface area contributed by atoms with Gasteiger partial charge in [-0.15, -0.1) is 11.6 Å². The smallest absolute Gasteiger partial charge is 0.232 e. The zero-order chi connectivity index (χ0) is 15.8. The highest BCUT2D eigenvalue weighted by Gasteiger charge is 2.33. The highest BCUT2D eigenvalue weighted by atomic mass is 35.5. The van der Waals surface area contributed by atoms with Crippen LogP contribution in [0.1, 0.15) is 32.0 Å². The van der Waals surface area contributed by atoms with E-state index in [9.17, 15) is 13.2 Å². The van der Waals surface area contributed by atoms with Gasteiger partial charge in [0.25, 0.3) is 0 Å². The molecule has 0 aliphatic carbocycles. The summed E-state index contributed by atoms with van der Waals surface area (Å²) in [6, 6.07) is 1.52. The maximum atomic E-state index is 12.2. The molecule has 2 rings (SSSR count). The number of hydrogen-bond donors (Lipinski definition) is 1. The fourth-order valence-corrected chi connectivity index (χ4v) is 4.02. The lowest BCUT2D eigenvalue weighted by molar-refractivity contribution is -0.123. The molecule has 1 unspecified atom stereocenters. The van der Waals surface area contributed by atoms with Crippen LogP contribution in [-0.2, 0) is 14.6 Å². The van der Waals surface area contributed by atoms with Crippen LogP contribution in [0, 0.1) is 12.3 Å². The Morgan fingerprint density at radius 2 is 2.24 bits per heavy atom. The number of halogens is 1. The minimum atomic E-state index is -3.01. The van der Waals surface area contributed by atoms with E-state index in [1.165, 1.54) is 0 Å². The van der Waals surface area contributed by atoms with Gasteiger partial charge in [0.1, 0.15) is 5.82 Å². The highest BCUT2D eigenvalue weighted by molar-refractivity contribution is 7.91. The van der Waals surface area contributed by atoms with Crippen LogP contribution >= 0.6 is 11.6 Å². The molecule has 0 aromatic carbocycles. The molecule has 6 nitrogen and oxygen atoms in total. The molecule has 0 radical (unpaired) electrons. The van der Waals surface area contributed by atoms with Crippen LogP contribution in [0.15, 0.2) is 6.07 Å². The van der Waals surface area contributed by atoms with E-state index in [-0.39, 0.29) is 29.3 Å². The fourth-order valence-electron chi connectivity index (χ4n) is 2.20. The van der Waals surface area contributed by atoms with E-state index in [0.717, 1.165) is 5.69 Å². The lowest BCUT2D eigenvalue weighted by atomic mass is 9.95. The summed E-state index contributed by atoms with van der Waals surface area (Å²) in [7, 11) is -3.01. The number of rotatable bonds is 4. The third kappa shape index (κ3) is 3.58. The van der Waals surface area contributed by atoms with Gasteiger partial charge in [0, 0.05) is 11.9 Å². The molecular weight excluding hydrogens is 314 g/mol. The van der Waals surface area contributed by atoms with Crippen LogP contribution in [0.5, 0.6) is 0 Å². The van der Waals surface area contributed by atoms with Crippen molar-refractivity contribution in [1.82, 2.24) is 9.78 Å². The number of aryl methyl sites for hydroxylation is 1. The lowest BCUT2D eigenvalue weighted by Crippen LogP contribution is -2.33. The first-order valence-corrected chi connectivity index (χ1v) is 9.14. The first kappa shape index (κ1) is 16.3. The summed E-state index contributed by atoms with van der Waals surface area (Å²) in [5.74, 6) is 0.744. The van der Waals surface area contributed by atoms with Gasteiger partial charge in [-0.3, -0.25) is 4.79 Å². The quantitative estimate of drug-likeness (QED) is 0.851. The van der Waals surface area contributed by atoms with Crippen LogP contribution in [0.4, 0.5) is 5.82 Å². The molecule has 1 fully saturated rings. The summed E-state index contributed by atoms with van der Waals surface area (Å²) in [4.78, 5) is 12.2. The van der Waals surface area contributed by atoms with Gasteiger partial charge in [0.15, 0.2) is 9.84 Å². The van der Waals surface area contributed by atoms with Crippen molar-refractivity contribution < 1.29 is 13.2 Å². The van der Waals surface area contributed by atoms with Gasteiger partial charge in [-0.25, -0.2) is 13.1 Å². The number of alkyl halides is 1. The van der Waals surface area contributed by atoms with Crippen LogP contribution in [0.3, 0.4) is 0 Å². The Hall–Kier alpha value is -1.08. The first-order chi connectivity index (χ1) is 9.64. The van der Waals surface area contributed by atoms with Gasteiger partial charge in [-0.2, -0.15) is 5.10 Å². The number of nitrogens with one attached hydrogen (secondary N) is 1. The van der Waals surface area contributed by atoms with Crippen molar-refractivity contribution in [3.8, 4) is 0 Å². The number of amides is 1. The molecule has 118 valence electrons. The maximum Gasteiger partial charge on any atom is 0.232 e. The van der Waals surface area contributed by atoms with E-state index >= 15 is 0 Å². The van der Waals surface area contributed by atoms with Crippen LogP contribution < -0.4 is 5.32 Å². The Morgan fingerprint density at radius 3 is 2.76 bits per heavy atom. The summed E-state index contributed by atoms with van der Waals surface area (Å²) in [6.45, 7) is 5.31. The van der Waals surface area contributed by atoms with Crippen molar-refractivity contribution in [2.45, 2.75) is 33.2 Å². The minimum Gasteiger partial charge on any atom is -0.310 e. The third-order valence-corrected chi connectivity index (χ3v) is 6.02. The number of carbonyl (C=O) groups excluding carboxylic acids is 1.